The molecular weight excluding hydrogens is 142 g/mol. The summed E-state index contributed by atoms with van der Waals surface area (Å²) in [5, 5.41) is 0.236. The zero-order chi connectivity index (χ0) is 7.56. The normalized spacial score (nSPS) is 25.3. The number of rotatable bonds is 1. The molecule has 0 heterocycles. The molecule has 0 N–H and O–H groups in total. The molecule has 1 rings (SSSR count). The SMILES string of the molecule is CBC1=CC(C)=CC(Cl)C1. The average Bonchev–Trinajstić information content (AvgIpc) is 1.85. The summed E-state index contributed by atoms with van der Waals surface area (Å²) in [5.41, 5.74) is 2.78. The maximum atomic E-state index is 5.97. The molecule has 0 saturated carbocycles. The summed E-state index contributed by atoms with van der Waals surface area (Å²) in [7, 11) is 1.13. The van der Waals surface area contributed by atoms with Gasteiger partial charge in [-0.15, -0.1) is 17.1 Å². The van der Waals surface area contributed by atoms with Crippen LogP contribution < -0.4 is 0 Å². The first-order valence-corrected chi connectivity index (χ1v) is 4.18. The zero-order valence-electron chi connectivity index (χ0n) is 6.52. The highest BCUT2D eigenvalue weighted by Crippen LogP contribution is 2.20. The van der Waals surface area contributed by atoms with Gasteiger partial charge in [0.25, 0.3) is 0 Å². The Labute approximate surface area is 68.2 Å². The monoisotopic (exact) mass is 154 g/mol. The molecular formula is C8H12BCl. The highest BCUT2D eigenvalue weighted by atomic mass is 35.5. The van der Waals surface area contributed by atoms with Crippen LogP contribution in [0.15, 0.2) is 23.2 Å². The van der Waals surface area contributed by atoms with Crippen LogP contribution in [0.5, 0.6) is 0 Å². The molecule has 0 fully saturated rings. The summed E-state index contributed by atoms with van der Waals surface area (Å²) in [6.45, 7) is 4.28. The van der Waals surface area contributed by atoms with Gasteiger partial charge in [-0.05, 0) is 13.3 Å². The molecule has 54 valence electrons. The fraction of sp³-hybridized carbons (Fsp3) is 0.500. The van der Waals surface area contributed by atoms with Gasteiger partial charge in [0.1, 0.15) is 7.28 Å². The van der Waals surface area contributed by atoms with Crippen LogP contribution in [0, 0.1) is 0 Å². The largest absolute Gasteiger partial charge is 0.149 e. The lowest BCUT2D eigenvalue weighted by molar-refractivity contribution is 1.00. The van der Waals surface area contributed by atoms with E-state index in [0.717, 1.165) is 13.7 Å². The molecule has 1 unspecified atom stereocenters. The van der Waals surface area contributed by atoms with Crippen molar-refractivity contribution in [2.45, 2.75) is 25.5 Å². The second-order valence-electron chi connectivity index (χ2n) is 2.79. The van der Waals surface area contributed by atoms with E-state index < -0.39 is 0 Å². The number of alkyl halides is 1. The van der Waals surface area contributed by atoms with Crippen molar-refractivity contribution in [1.82, 2.24) is 0 Å². The van der Waals surface area contributed by atoms with Crippen molar-refractivity contribution < 1.29 is 0 Å². The molecule has 0 amide bonds. The summed E-state index contributed by atoms with van der Waals surface area (Å²) >= 11 is 5.97. The van der Waals surface area contributed by atoms with Gasteiger partial charge in [-0.1, -0.05) is 24.5 Å². The molecule has 0 saturated heterocycles. The van der Waals surface area contributed by atoms with Gasteiger partial charge in [0, 0.05) is 0 Å². The number of allylic oxidation sites excluding steroid dienone is 4. The Kier molecular flexibility index (Phi) is 2.61. The number of hydrogen-bond acceptors (Lipinski definition) is 0. The molecule has 0 aromatic rings. The van der Waals surface area contributed by atoms with Crippen molar-refractivity contribution in [3.05, 3.63) is 23.2 Å². The van der Waals surface area contributed by atoms with Crippen LogP contribution in [0.1, 0.15) is 13.3 Å². The Morgan fingerprint density at radius 1 is 1.70 bits per heavy atom. The highest BCUT2D eigenvalue weighted by Gasteiger charge is 2.08. The second-order valence-corrected chi connectivity index (χ2v) is 3.35. The van der Waals surface area contributed by atoms with Gasteiger partial charge in [0.15, 0.2) is 0 Å². The van der Waals surface area contributed by atoms with Crippen molar-refractivity contribution in [2.24, 2.45) is 0 Å². The van der Waals surface area contributed by atoms with Gasteiger partial charge in [0.2, 0.25) is 0 Å². The van der Waals surface area contributed by atoms with Crippen LogP contribution in [0.25, 0.3) is 0 Å². The molecule has 0 nitrogen and oxygen atoms in total. The third kappa shape index (κ3) is 1.91. The highest BCUT2D eigenvalue weighted by molar-refractivity contribution is 6.44. The van der Waals surface area contributed by atoms with Gasteiger partial charge in [-0.2, -0.15) is 0 Å². The maximum absolute atomic E-state index is 5.97. The van der Waals surface area contributed by atoms with Gasteiger partial charge in [0.05, 0.1) is 5.38 Å². The first kappa shape index (κ1) is 7.94. The Bertz CT molecular complexity index is 182. The Morgan fingerprint density at radius 3 is 2.90 bits per heavy atom. The van der Waals surface area contributed by atoms with Crippen LogP contribution >= 0.6 is 11.6 Å². The molecule has 0 aromatic heterocycles. The van der Waals surface area contributed by atoms with E-state index in [1.807, 2.05) is 0 Å². The predicted octanol–water partition coefficient (Wildman–Crippen LogP) is 2.31. The van der Waals surface area contributed by atoms with Crippen molar-refractivity contribution in [2.75, 3.05) is 0 Å². The van der Waals surface area contributed by atoms with Crippen LogP contribution in [0.3, 0.4) is 0 Å². The van der Waals surface area contributed by atoms with E-state index in [-0.39, 0.29) is 5.38 Å². The van der Waals surface area contributed by atoms with Gasteiger partial charge < -0.3 is 0 Å². The summed E-state index contributed by atoms with van der Waals surface area (Å²) in [4.78, 5) is 0. The van der Waals surface area contributed by atoms with Gasteiger partial charge in [-0.3, -0.25) is 0 Å². The zero-order valence-corrected chi connectivity index (χ0v) is 7.28. The lowest BCUT2D eigenvalue weighted by Gasteiger charge is -2.13. The van der Waals surface area contributed by atoms with Gasteiger partial charge in [-0.25, -0.2) is 0 Å². The third-order valence-corrected chi connectivity index (χ3v) is 2.07. The van der Waals surface area contributed by atoms with Crippen LogP contribution in [-0.2, 0) is 0 Å². The van der Waals surface area contributed by atoms with Crippen LogP contribution in [0.2, 0.25) is 6.82 Å². The minimum atomic E-state index is 0.236. The summed E-state index contributed by atoms with van der Waals surface area (Å²) < 4.78 is 0. The minimum absolute atomic E-state index is 0.236. The lowest BCUT2D eigenvalue weighted by atomic mass is 9.68. The topological polar surface area (TPSA) is 0 Å². The van der Waals surface area contributed by atoms with Crippen molar-refractivity contribution in [3.8, 4) is 0 Å². The number of halogens is 1. The molecule has 0 aliphatic heterocycles. The smallest absolute Gasteiger partial charge is 0.118 e. The predicted molar refractivity (Wildman–Crippen MR) is 49.1 cm³/mol. The quantitative estimate of drug-likeness (QED) is 0.402. The molecule has 1 aliphatic carbocycles. The van der Waals surface area contributed by atoms with Crippen LogP contribution in [-0.4, -0.2) is 12.7 Å². The molecule has 0 radical (unpaired) electrons. The van der Waals surface area contributed by atoms with E-state index in [1.54, 1.807) is 0 Å². The van der Waals surface area contributed by atoms with E-state index >= 15 is 0 Å². The van der Waals surface area contributed by atoms with E-state index in [0.29, 0.717) is 0 Å². The third-order valence-electron chi connectivity index (χ3n) is 1.79. The van der Waals surface area contributed by atoms with E-state index in [4.69, 9.17) is 11.6 Å². The molecule has 0 aromatic carbocycles. The Hall–Kier alpha value is -0.165. The standard InChI is InChI=1S/C8H12BCl/c1-6-3-7(9-2)5-8(10)4-6/h3-4,8-9H,5H2,1-2H3. The number of hydrogen-bond donors (Lipinski definition) is 0. The van der Waals surface area contributed by atoms with E-state index in [1.165, 1.54) is 11.0 Å². The van der Waals surface area contributed by atoms with Crippen molar-refractivity contribution >= 4 is 18.9 Å². The summed E-state index contributed by atoms with van der Waals surface area (Å²) in [6.07, 6.45) is 5.38. The fourth-order valence-electron chi connectivity index (χ4n) is 1.27. The first-order valence-electron chi connectivity index (χ1n) is 3.74. The fourth-order valence-corrected chi connectivity index (χ4v) is 1.67. The summed E-state index contributed by atoms with van der Waals surface area (Å²) in [5.74, 6) is 0. The van der Waals surface area contributed by atoms with Crippen LogP contribution in [0.4, 0.5) is 0 Å². The molecule has 10 heavy (non-hydrogen) atoms. The molecule has 0 spiro atoms. The molecule has 2 heteroatoms. The molecule has 1 atom stereocenters. The maximum Gasteiger partial charge on any atom is 0.149 e. The first-order chi connectivity index (χ1) is 4.72. The van der Waals surface area contributed by atoms with Crippen molar-refractivity contribution in [3.63, 3.8) is 0 Å². The van der Waals surface area contributed by atoms with Crippen molar-refractivity contribution in [1.29, 1.82) is 0 Å². The van der Waals surface area contributed by atoms with E-state index in [9.17, 15) is 0 Å². The average molecular weight is 154 g/mol. The van der Waals surface area contributed by atoms with Gasteiger partial charge >= 0.3 is 0 Å². The Balaban J connectivity index is 2.70. The van der Waals surface area contributed by atoms with E-state index in [2.05, 4.69) is 25.9 Å². The lowest BCUT2D eigenvalue weighted by Crippen LogP contribution is -2.05. The second kappa shape index (κ2) is 3.29. The molecule has 1 aliphatic rings. The Morgan fingerprint density at radius 2 is 2.40 bits per heavy atom. The molecule has 0 bridgehead atoms. The summed E-state index contributed by atoms with van der Waals surface area (Å²) in [6, 6.07) is 0. The minimum Gasteiger partial charge on any atom is -0.118 e.